The van der Waals surface area contributed by atoms with Crippen LogP contribution in [0, 0.1) is 5.92 Å². The van der Waals surface area contributed by atoms with Crippen LogP contribution in [0.4, 0.5) is 0 Å². The maximum absolute atomic E-state index is 12.4. The first-order valence-electron chi connectivity index (χ1n) is 5.53. The molecule has 2 unspecified atom stereocenters. The summed E-state index contributed by atoms with van der Waals surface area (Å²) < 4.78 is 27.0. The number of hydrogen-bond donors (Lipinski definition) is 1. The van der Waals surface area contributed by atoms with Crippen LogP contribution in [0.1, 0.15) is 6.92 Å². The van der Waals surface area contributed by atoms with Crippen molar-refractivity contribution in [1.29, 1.82) is 0 Å². The Morgan fingerprint density at radius 2 is 2.05 bits per heavy atom. The van der Waals surface area contributed by atoms with Gasteiger partial charge in [-0.05, 0) is 24.1 Å². The zero-order valence-electron chi connectivity index (χ0n) is 10.2. The van der Waals surface area contributed by atoms with E-state index in [-0.39, 0.29) is 34.3 Å². The van der Waals surface area contributed by atoms with Crippen LogP contribution in [0.3, 0.4) is 0 Å². The molecule has 0 bridgehead atoms. The van der Waals surface area contributed by atoms with Crippen LogP contribution in [-0.2, 0) is 10.0 Å². The Morgan fingerprint density at radius 1 is 1.42 bits per heavy atom. The summed E-state index contributed by atoms with van der Waals surface area (Å²) in [5, 5.41) is 0.220. The van der Waals surface area contributed by atoms with E-state index in [1.54, 1.807) is 12.1 Å². The topological polar surface area (TPSA) is 63.4 Å². The Kier molecular flexibility index (Phi) is 5.69. The van der Waals surface area contributed by atoms with Crippen LogP contribution in [0.2, 0.25) is 5.02 Å². The highest BCUT2D eigenvalue weighted by Crippen LogP contribution is 2.30. The average molecular weight is 390 g/mol. The number of nitrogens with two attached hydrogens (primary N) is 1. The second kappa shape index (κ2) is 6.28. The fourth-order valence-electron chi connectivity index (χ4n) is 1.97. The summed E-state index contributed by atoms with van der Waals surface area (Å²) in [4.78, 5) is 0.133. The quantitative estimate of drug-likeness (QED) is 0.844. The number of sulfonamides is 1. The first-order valence-corrected chi connectivity index (χ1v) is 8.14. The zero-order valence-corrected chi connectivity index (χ0v) is 14.2. The van der Waals surface area contributed by atoms with Crippen LogP contribution < -0.4 is 5.73 Å². The number of halogens is 3. The molecule has 2 atom stereocenters. The molecule has 1 aliphatic heterocycles. The SMILES string of the molecule is CC1CN(S(=O)(=O)c2ccc(Br)cc2Cl)CC1N.Cl. The Bertz CT molecular complexity index is 558. The number of rotatable bonds is 2. The molecule has 19 heavy (non-hydrogen) atoms. The van der Waals surface area contributed by atoms with E-state index in [2.05, 4.69) is 15.9 Å². The van der Waals surface area contributed by atoms with Crippen molar-refractivity contribution in [2.24, 2.45) is 11.7 Å². The van der Waals surface area contributed by atoms with Crippen molar-refractivity contribution in [2.45, 2.75) is 17.9 Å². The molecule has 2 N–H and O–H groups in total. The summed E-state index contributed by atoms with van der Waals surface area (Å²) in [5.74, 6) is 0.161. The minimum absolute atomic E-state index is 0. The molecule has 1 saturated heterocycles. The van der Waals surface area contributed by atoms with Gasteiger partial charge in [0.2, 0.25) is 10.0 Å². The largest absolute Gasteiger partial charge is 0.326 e. The number of nitrogens with zero attached hydrogens (tertiary/aromatic N) is 1. The third-order valence-corrected chi connectivity index (χ3v) is 5.96. The van der Waals surface area contributed by atoms with E-state index in [9.17, 15) is 8.42 Å². The lowest BCUT2D eigenvalue weighted by Gasteiger charge is -2.17. The predicted molar refractivity (Wildman–Crippen MR) is 82.3 cm³/mol. The van der Waals surface area contributed by atoms with Gasteiger partial charge in [0.1, 0.15) is 4.90 Å². The van der Waals surface area contributed by atoms with Gasteiger partial charge in [0.05, 0.1) is 5.02 Å². The zero-order chi connectivity index (χ0) is 13.5. The van der Waals surface area contributed by atoms with Crippen molar-refractivity contribution in [3.8, 4) is 0 Å². The van der Waals surface area contributed by atoms with Crippen molar-refractivity contribution >= 4 is 50.0 Å². The molecule has 0 saturated carbocycles. The predicted octanol–water partition coefficient (Wildman–Crippen LogP) is 2.49. The van der Waals surface area contributed by atoms with Crippen molar-refractivity contribution in [3.05, 3.63) is 27.7 Å². The third-order valence-electron chi connectivity index (χ3n) is 3.15. The smallest absolute Gasteiger partial charge is 0.244 e. The van der Waals surface area contributed by atoms with Crippen molar-refractivity contribution in [1.82, 2.24) is 4.31 Å². The molecule has 108 valence electrons. The summed E-state index contributed by atoms with van der Waals surface area (Å²) in [6.07, 6.45) is 0. The normalized spacial score (nSPS) is 24.2. The monoisotopic (exact) mass is 388 g/mol. The fraction of sp³-hybridized carbons (Fsp3) is 0.455. The van der Waals surface area contributed by atoms with E-state index in [1.165, 1.54) is 10.4 Å². The van der Waals surface area contributed by atoms with Gasteiger partial charge in [-0.1, -0.05) is 34.5 Å². The first-order chi connectivity index (χ1) is 8.32. The summed E-state index contributed by atoms with van der Waals surface area (Å²) in [6, 6.07) is 4.64. The maximum atomic E-state index is 12.4. The van der Waals surface area contributed by atoms with E-state index >= 15 is 0 Å². The van der Waals surface area contributed by atoms with Gasteiger partial charge in [0, 0.05) is 23.6 Å². The molecule has 1 aliphatic rings. The molecule has 1 aromatic carbocycles. The van der Waals surface area contributed by atoms with Gasteiger partial charge in [-0.15, -0.1) is 12.4 Å². The van der Waals surface area contributed by atoms with E-state index < -0.39 is 10.0 Å². The van der Waals surface area contributed by atoms with Crippen molar-refractivity contribution < 1.29 is 8.42 Å². The Balaban J connectivity index is 0.00000180. The highest BCUT2D eigenvalue weighted by Gasteiger charge is 2.36. The van der Waals surface area contributed by atoms with E-state index in [0.717, 1.165) is 4.47 Å². The average Bonchev–Trinajstić information content (AvgIpc) is 2.59. The molecule has 2 rings (SSSR count). The summed E-state index contributed by atoms with van der Waals surface area (Å²) in [5.41, 5.74) is 5.86. The molecule has 0 amide bonds. The maximum Gasteiger partial charge on any atom is 0.244 e. The number of benzene rings is 1. The van der Waals surface area contributed by atoms with Crippen LogP contribution in [0.15, 0.2) is 27.6 Å². The molecule has 1 heterocycles. The van der Waals surface area contributed by atoms with E-state index in [4.69, 9.17) is 17.3 Å². The van der Waals surface area contributed by atoms with Gasteiger partial charge in [0.15, 0.2) is 0 Å². The van der Waals surface area contributed by atoms with Gasteiger partial charge in [0.25, 0.3) is 0 Å². The summed E-state index contributed by atoms with van der Waals surface area (Å²) in [7, 11) is -3.55. The lowest BCUT2D eigenvalue weighted by Crippen LogP contribution is -2.32. The van der Waals surface area contributed by atoms with Gasteiger partial charge >= 0.3 is 0 Å². The minimum Gasteiger partial charge on any atom is -0.326 e. The minimum atomic E-state index is -3.55. The van der Waals surface area contributed by atoms with Gasteiger partial charge in [-0.25, -0.2) is 8.42 Å². The lowest BCUT2D eigenvalue weighted by molar-refractivity contribution is 0.464. The van der Waals surface area contributed by atoms with E-state index in [0.29, 0.717) is 13.1 Å². The van der Waals surface area contributed by atoms with Crippen LogP contribution in [-0.4, -0.2) is 31.9 Å². The molecule has 1 fully saturated rings. The highest BCUT2D eigenvalue weighted by atomic mass is 79.9. The van der Waals surface area contributed by atoms with Gasteiger partial charge < -0.3 is 5.73 Å². The Morgan fingerprint density at radius 3 is 2.53 bits per heavy atom. The molecule has 1 aromatic rings. The molecular weight excluding hydrogens is 375 g/mol. The number of hydrogen-bond acceptors (Lipinski definition) is 3. The second-order valence-corrected chi connectivity index (χ2v) is 7.77. The molecule has 0 aliphatic carbocycles. The van der Waals surface area contributed by atoms with Gasteiger partial charge in [-0.3, -0.25) is 0 Å². The molecule has 4 nitrogen and oxygen atoms in total. The third kappa shape index (κ3) is 3.43. The Labute approximate surface area is 132 Å². The molecule has 8 heteroatoms. The van der Waals surface area contributed by atoms with Crippen molar-refractivity contribution in [3.63, 3.8) is 0 Å². The molecular formula is C11H15BrCl2N2O2S. The highest BCUT2D eigenvalue weighted by molar-refractivity contribution is 9.10. The standard InChI is InChI=1S/C11H14BrClN2O2S.ClH/c1-7-5-15(6-10(7)14)18(16,17)11-3-2-8(12)4-9(11)13;/h2-4,7,10H,5-6,14H2,1H3;1H. The first kappa shape index (κ1) is 17.2. The lowest BCUT2D eigenvalue weighted by atomic mass is 10.1. The molecule has 0 radical (unpaired) electrons. The molecule has 0 aromatic heterocycles. The van der Waals surface area contributed by atoms with Crippen LogP contribution in [0.25, 0.3) is 0 Å². The summed E-state index contributed by atoms with van der Waals surface area (Å²) >= 11 is 9.25. The fourth-order valence-corrected chi connectivity index (χ4v) is 4.56. The van der Waals surface area contributed by atoms with Crippen LogP contribution in [0.5, 0.6) is 0 Å². The summed E-state index contributed by atoms with van der Waals surface area (Å²) in [6.45, 7) is 2.73. The Hall–Kier alpha value is 0.150. The van der Waals surface area contributed by atoms with Crippen LogP contribution >= 0.6 is 39.9 Å². The second-order valence-electron chi connectivity index (χ2n) is 4.54. The molecule has 0 spiro atoms. The van der Waals surface area contributed by atoms with Crippen molar-refractivity contribution in [2.75, 3.05) is 13.1 Å². The van der Waals surface area contributed by atoms with E-state index in [1.807, 2.05) is 6.92 Å². The van der Waals surface area contributed by atoms with Gasteiger partial charge in [-0.2, -0.15) is 4.31 Å².